The van der Waals surface area contributed by atoms with Gasteiger partial charge < -0.3 is 10.6 Å². The van der Waals surface area contributed by atoms with Crippen molar-refractivity contribution in [3.63, 3.8) is 0 Å². The first kappa shape index (κ1) is 16.0. The van der Waals surface area contributed by atoms with E-state index in [0.29, 0.717) is 11.5 Å². The molecule has 25 heavy (non-hydrogen) atoms. The highest BCUT2D eigenvalue weighted by Gasteiger charge is 2.27. The average molecular weight is 333 g/mol. The number of nitrogens with zero attached hydrogens (tertiary/aromatic N) is 2. The molecule has 4 heteroatoms. The summed E-state index contributed by atoms with van der Waals surface area (Å²) in [5, 5.41) is 3.24. The number of hydrogen-bond donors (Lipinski definition) is 1. The molecule has 3 aromatic rings. The molecule has 4 nitrogen and oxygen atoms in total. The molecule has 2 unspecified atom stereocenters. The zero-order chi connectivity index (χ0) is 17.4. The standard InChI is InChI=1S/C21H23N3O/c1-14(22)16-7-5-11-24(13-16)21(25)19-12-15-6-2-3-8-17(15)18-9-4-10-23-20(18)19/h2-4,6,8-10,12,14,16H,5,7,11,13,22H2,1H3. The number of carbonyl (C=O) groups excluding carboxylic acids is 1. The van der Waals surface area contributed by atoms with Crippen LogP contribution in [0.2, 0.25) is 0 Å². The lowest BCUT2D eigenvalue weighted by Crippen LogP contribution is -2.45. The maximum atomic E-state index is 13.3. The molecule has 0 spiro atoms. The SMILES string of the molecule is CC(N)C1CCCN(C(=O)c2cc3ccccc3c3cccnc23)C1. The van der Waals surface area contributed by atoms with Crippen molar-refractivity contribution >= 4 is 27.6 Å². The summed E-state index contributed by atoms with van der Waals surface area (Å²) >= 11 is 0. The Morgan fingerprint density at radius 2 is 2.04 bits per heavy atom. The number of rotatable bonds is 2. The van der Waals surface area contributed by atoms with Crippen LogP contribution in [0, 0.1) is 5.92 Å². The Hall–Kier alpha value is -2.46. The number of pyridine rings is 1. The third-order valence-corrected chi connectivity index (χ3v) is 5.33. The third-order valence-electron chi connectivity index (χ3n) is 5.33. The van der Waals surface area contributed by atoms with Gasteiger partial charge in [-0.2, -0.15) is 0 Å². The number of amides is 1. The van der Waals surface area contributed by atoms with Gasteiger partial charge >= 0.3 is 0 Å². The average Bonchev–Trinajstić information content (AvgIpc) is 2.67. The number of carbonyl (C=O) groups is 1. The van der Waals surface area contributed by atoms with E-state index in [2.05, 4.69) is 17.1 Å². The second-order valence-electron chi connectivity index (χ2n) is 7.06. The minimum Gasteiger partial charge on any atom is -0.338 e. The van der Waals surface area contributed by atoms with Gasteiger partial charge in [-0.25, -0.2) is 0 Å². The van der Waals surface area contributed by atoms with Gasteiger partial charge in [0.2, 0.25) is 0 Å². The van der Waals surface area contributed by atoms with Gasteiger partial charge in [-0.1, -0.05) is 30.3 Å². The molecule has 0 aliphatic carbocycles. The fourth-order valence-corrected chi connectivity index (χ4v) is 3.89. The summed E-state index contributed by atoms with van der Waals surface area (Å²) in [6, 6.07) is 14.2. The highest BCUT2D eigenvalue weighted by molar-refractivity contribution is 6.15. The van der Waals surface area contributed by atoms with Gasteiger partial charge in [-0.05, 0) is 48.6 Å². The van der Waals surface area contributed by atoms with Gasteiger partial charge in [0.25, 0.3) is 5.91 Å². The van der Waals surface area contributed by atoms with E-state index in [1.165, 1.54) is 0 Å². The van der Waals surface area contributed by atoms with Crippen molar-refractivity contribution in [1.82, 2.24) is 9.88 Å². The van der Waals surface area contributed by atoms with E-state index in [0.717, 1.165) is 47.6 Å². The Kier molecular flexibility index (Phi) is 4.14. The fraction of sp³-hybridized carbons (Fsp3) is 0.333. The minimum absolute atomic E-state index is 0.0693. The van der Waals surface area contributed by atoms with Gasteiger partial charge in [0, 0.05) is 30.7 Å². The van der Waals surface area contributed by atoms with E-state index < -0.39 is 0 Å². The molecule has 1 saturated heterocycles. The third kappa shape index (κ3) is 2.87. The summed E-state index contributed by atoms with van der Waals surface area (Å²) in [4.78, 5) is 19.8. The number of likely N-dealkylation sites (tertiary alicyclic amines) is 1. The number of aromatic nitrogens is 1. The number of benzene rings is 2. The van der Waals surface area contributed by atoms with Gasteiger partial charge in [0.1, 0.15) is 0 Å². The summed E-state index contributed by atoms with van der Waals surface area (Å²) < 4.78 is 0. The summed E-state index contributed by atoms with van der Waals surface area (Å²) in [5.74, 6) is 0.442. The van der Waals surface area contributed by atoms with Gasteiger partial charge in [-0.3, -0.25) is 9.78 Å². The Morgan fingerprint density at radius 1 is 1.24 bits per heavy atom. The lowest BCUT2D eigenvalue weighted by atomic mass is 9.91. The van der Waals surface area contributed by atoms with E-state index in [4.69, 9.17) is 5.73 Å². The van der Waals surface area contributed by atoms with Crippen LogP contribution >= 0.6 is 0 Å². The van der Waals surface area contributed by atoms with Crippen LogP contribution in [0.15, 0.2) is 48.7 Å². The van der Waals surface area contributed by atoms with Crippen molar-refractivity contribution in [3.05, 3.63) is 54.2 Å². The maximum absolute atomic E-state index is 13.3. The Morgan fingerprint density at radius 3 is 2.88 bits per heavy atom. The molecule has 1 aliphatic rings. The van der Waals surface area contributed by atoms with Crippen LogP contribution in [0.4, 0.5) is 0 Å². The second kappa shape index (κ2) is 6.45. The molecular weight excluding hydrogens is 310 g/mol. The van der Waals surface area contributed by atoms with E-state index in [1.54, 1.807) is 6.20 Å². The summed E-state index contributed by atoms with van der Waals surface area (Å²) in [5.41, 5.74) is 7.56. The van der Waals surface area contributed by atoms with Gasteiger partial charge in [0.05, 0.1) is 11.1 Å². The summed E-state index contributed by atoms with van der Waals surface area (Å²) in [7, 11) is 0. The smallest absolute Gasteiger partial charge is 0.256 e. The molecular formula is C21H23N3O. The number of nitrogens with two attached hydrogens (primary N) is 1. The second-order valence-corrected chi connectivity index (χ2v) is 7.06. The highest BCUT2D eigenvalue weighted by Crippen LogP contribution is 2.29. The van der Waals surface area contributed by atoms with E-state index in [9.17, 15) is 4.79 Å². The topological polar surface area (TPSA) is 59.2 Å². The Bertz CT molecular complexity index is 935. The van der Waals surface area contributed by atoms with Crippen LogP contribution in [-0.4, -0.2) is 34.9 Å². The van der Waals surface area contributed by atoms with E-state index in [1.807, 2.05) is 42.2 Å². The zero-order valence-electron chi connectivity index (χ0n) is 14.5. The Balaban J connectivity index is 1.81. The zero-order valence-corrected chi connectivity index (χ0v) is 14.5. The first-order valence-electron chi connectivity index (χ1n) is 8.96. The van der Waals surface area contributed by atoms with E-state index in [-0.39, 0.29) is 11.9 Å². The van der Waals surface area contributed by atoms with Crippen LogP contribution in [0.25, 0.3) is 21.7 Å². The van der Waals surface area contributed by atoms with Crippen LogP contribution < -0.4 is 5.73 Å². The van der Waals surface area contributed by atoms with E-state index >= 15 is 0 Å². The molecule has 1 aliphatic heterocycles. The van der Waals surface area contributed by atoms with Crippen LogP contribution in [0.1, 0.15) is 30.1 Å². The molecule has 0 saturated carbocycles. The first-order chi connectivity index (χ1) is 12.1. The molecule has 0 radical (unpaired) electrons. The highest BCUT2D eigenvalue weighted by atomic mass is 16.2. The maximum Gasteiger partial charge on any atom is 0.256 e. The van der Waals surface area contributed by atoms with Gasteiger partial charge in [0.15, 0.2) is 0 Å². The minimum atomic E-state index is 0.0693. The molecule has 0 bridgehead atoms. The lowest BCUT2D eigenvalue weighted by molar-refractivity contribution is 0.0663. The Labute approximate surface area is 147 Å². The van der Waals surface area contributed by atoms with Crippen LogP contribution in [-0.2, 0) is 0 Å². The molecule has 2 N–H and O–H groups in total. The molecule has 2 heterocycles. The number of hydrogen-bond acceptors (Lipinski definition) is 3. The molecule has 1 amide bonds. The van der Waals surface area contributed by atoms with Crippen molar-refractivity contribution in [2.24, 2.45) is 11.7 Å². The van der Waals surface area contributed by atoms with Crippen LogP contribution in [0.5, 0.6) is 0 Å². The van der Waals surface area contributed by atoms with Crippen molar-refractivity contribution in [1.29, 1.82) is 0 Å². The normalized spacial score (nSPS) is 19.3. The monoisotopic (exact) mass is 333 g/mol. The molecule has 128 valence electrons. The fourth-order valence-electron chi connectivity index (χ4n) is 3.89. The molecule has 1 aromatic heterocycles. The lowest BCUT2D eigenvalue weighted by Gasteiger charge is -2.34. The van der Waals surface area contributed by atoms with Crippen molar-refractivity contribution < 1.29 is 4.79 Å². The quantitative estimate of drug-likeness (QED) is 0.729. The predicted molar refractivity (Wildman–Crippen MR) is 102 cm³/mol. The van der Waals surface area contributed by atoms with Crippen LogP contribution in [0.3, 0.4) is 0 Å². The largest absolute Gasteiger partial charge is 0.338 e. The summed E-state index contributed by atoms with van der Waals surface area (Å²) in [6.07, 6.45) is 3.86. The van der Waals surface area contributed by atoms with Crippen molar-refractivity contribution in [2.75, 3.05) is 13.1 Å². The number of fused-ring (bicyclic) bond motifs is 3. The van der Waals surface area contributed by atoms with Gasteiger partial charge in [-0.15, -0.1) is 0 Å². The predicted octanol–water partition coefficient (Wildman–Crippen LogP) is 3.59. The molecule has 2 atom stereocenters. The molecule has 2 aromatic carbocycles. The number of piperidine rings is 1. The van der Waals surface area contributed by atoms with Crippen molar-refractivity contribution in [2.45, 2.75) is 25.8 Å². The molecule has 4 rings (SSSR count). The molecule has 1 fully saturated rings. The van der Waals surface area contributed by atoms with Crippen molar-refractivity contribution in [3.8, 4) is 0 Å². The summed E-state index contributed by atoms with van der Waals surface area (Å²) in [6.45, 7) is 3.56. The first-order valence-corrected chi connectivity index (χ1v) is 8.96.